The zero-order chi connectivity index (χ0) is 14.6. The fourth-order valence-electron chi connectivity index (χ4n) is 1.58. The number of carbonyl (C=O) groups excluding carboxylic acids is 2. The SMILES string of the molecule is CCC(OC(N)=O)(OC(N)=O)c1cc(F)ccc1F. The van der Waals surface area contributed by atoms with Crippen molar-refractivity contribution in [2.24, 2.45) is 11.5 Å². The highest BCUT2D eigenvalue weighted by molar-refractivity contribution is 5.68. The van der Waals surface area contributed by atoms with E-state index in [1.165, 1.54) is 6.92 Å². The molecule has 0 saturated carbocycles. The lowest BCUT2D eigenvalue weighted by molar-refractivity contribution is -0.170. The maximum atomic E-state index is 13.7. The molecule has 0 heterocycles. The number of benzene rings is 1. The Kier molecular flexibility index (Phi) is 4.26. The van der Waals surface area contributed by atoms with Crippen molar-refractivity contribution in [1.29, 1.82) is 0 Å². The van der Waals surface area contributed by atoms with E-state index in [-0.39, 0.29) is 6.42 Å². The van der Waals surface area contributed by atoms with Crippen molar-refractivity contribution in [3.05, 3.63) is 35.4 Å². The van der Waals surface area contributed by atoms with E-state index in [0.29, 0.717) is 0 Å². The van der Waals surface area contributed by atoms with Crippen LogP contribution in [0.25, 0.3) is 0 Å². The number of primary amides is 2. The van der Waals surface area contributed by atoms with Crippen molar-refractivity contribution in [3.63, 3.8) is 0 Å². The average Bonchev–Trinajstić information content (AvgIpc) is 2.30. The molecule has 0 aliphatic rings. The first-order chi connectivity index (χ1) is 8.80. The number of carbonyl (C=O) groups is 2. The van der Waals surface area contributed by atoms with Crippen LogP contribution in [0.4, 0.5) is 18.4 Å². The summed E-state index contributed by atoms with van der Waals surface area (Å²) in [5.41, 5.74) is 9.20. The predicted octanol–water partition coefficient (Wildman–Crippen LogP) is 1.72. The summed E-state index contributed by atoms with van der Waals surface area (Å²) in [7, 11) is 0. The molecule has 0 aromatic heterocycles. The molecule has 6 nitrogen and oxygen atoms in total. The summed E-state index contributed by atoms with van der Waals surface area (Å²) in [6.07, 6.45) is -2.86. The predicted molar refractivity (Wildman–Crippen MR) is 59.7 cm³/mol. The van der Waals surface area contributed by atoms with Gasteiger partial charge in [-0.2, -0.15) is 0 Å². The largest absolute Gasteiger partial charge is 0.408 e. The van der Waals surface area contributed by atoms with Gasteiger partial charge in [-0.1, -0.05) is 6.92 Å². The molecular formula is C11H12F2N2O4. The van der Waals surface area contributed by atoms with Crippen molar-refractivity contribution < 1.29 is 27.8 Å². The second kappa shape index (κ2) is 5.51. The van der Waals surface area contributed by atoms with Crippen LogP contribution in [0.1, 0.15) is 18.9 Å². The number of rotatable bonds is 4. The molecule has 1 rings (SSSR count). The van der Waals surface area contributed by atoms with E-state index in [1.807, 2.05) is 0 Å². The first-order valence-corrected chi connectivity index (χ1v) is 5.23. The normalized spacial score (nSPS) is 10.9. The molecule has 2 amide bonds. The number of halogens is 2. The molecule has 1 aromatic carbocycles. The van der Waals surface area contributed by atoms with Gasteiger partial charge in [0.2, 0.25) is 0 Å². The number of nitrogens with two attached hydrogens (primary N) is 2. The Hall–Kier alpha value is -2.38. The maximum absolute atomic E-state index is 13.7. The summed E-state index contributed by atoms with van der Waals surface area (Å²) in [5.74, 6) is -3.95. The molecule has 4 N–H and O–H groups in total. The van der Waals surface area contributed by atoms with Gasteiger partial charge < -0.3 is 20.9 Å². The van der Waals surface area contributed by atoms with E-state index in [2.05, 4.69) is 9.47 Å². The lowest BCUT2D eigenvalue weighted by Crippen LogP contribution is -2.41. The summed E-state index contributed by atoms with van der Waals surface area (Å²) < 4.78 is 36.2. The van der Waals surface area contributed by atoms with Crippen molar-refractivity contribution in [1.82, 2.24) is 0 Å². The Morgan fingerprint density at radius 2 is 1.74 bits per heavy atom. The van der Waals surface area contributed by atoms with Crippen molar-refractivity contribution in [3.8, 4) is 0 Å². The van der Waals surface area contributed by atoms with Crippen LogP contribution in [0.2, 0.25) is 0 Å². The van der Waals surface area contributed by atoms with Gasteiger partial charge in [-0.15, -0.1) is 0 Å². The minimum absolute atomic E-state index is 0.209. The van der Waals surface area contributed by atoms with Gasteiger partial charge in [0.1, 0.15) is 11.6 Å². The van der Waals surface area contributed by atoms with E-state index in [0.717, 1.165) is 18.2 Å². The lowest BCUT2D eigenvalue weighted by Gasteiger charge is -2.30. The van der Waals surface area contributed by atoms with Gasteiger partial charge in [0.15, 0.2) is 0 Å². The number of hydrogen-bond acceptors (Lipinski definition) is 4. The number of ether oxygens (including phenoxy) is 2. The van der Waals surface area contributed by atoms with E-state index in [1.54, 1.807) is 0 Å². The monoisotopic (exact) mass is 274 g/mol. The molecule has 1 aromatic rings. The standard InChI is InChI=1S/C11H12F2N2O4/c1-2-11(18-9(14)16,19-10(15)17)7-5-6(12)3-4-8(7)13/h3-5H,2H2,1H3,(H2,14,16)(H2,15,17). The fourth-order valence-corrected chi connectivity index (χ4v) is 1.58. The third-order valence-electron chi connectivity index (χ3n) is 2.34. The molecule has 19 heavy (non-hydrogen) atoms. The smallest absolute Gasteiger partial charge is 0.402 e. The molecule has 0 fully saturated rings. The zero-order valence-electron chi connectivity index (χ0n) is 9.98. The van der Waals surface area contributed by atoms with Gasteiger partial charge >= 0.3 is 12.2 Å². The van der Waals surface area contributed by atoms with E-state index < -0.39 is 35.2 Å². The first kappa shape index (κ1) is 14.7. The molecule has 0 spiro atoms. The zero-order valence-corrected chi connectivity index (χ0v) is 9.98. The summed E-state index contributed by atoms with van der Waals surface area (Å²) >= 11 is 0. The molecule has 104 valence electrons. The van der Waals surface area contributed by atoms with Crippen molar-refractivity contribution >= 4 is 12.2 Å². The highest BCUT2D eigenvalue weighted by Gasteiger charge is 2.41. The Morgan fingerprint density at radius 3 is 2.16 bits per heavy atom. The van der Waals surface area contributed by atoms with Gasteiger partial charge in [-0.05, 0) is 18.2 Å². The third kappa shape index (κ3) is 3.30. The van der Waals surface area contributed by atoms with Crippen LogP contribution in [0, 0.1) is 11.6 Å². The van der Waals surface area contributed by atoms with E-state index in [4.69, 9.17) is 11.5 Å². The van der Waals surface area contributed by atoms with Crippen LogP contribution in [-0.2, 0) is 15.3 Å². The molecule has 0 atom stereocenters. The molecule has 8 heteroatoms. The van der Waals surface area contributed by atoms with Crippen LogP contribution in [0.3, 0.4) is 0 Å². The van der Waals surface area contributed by atoms with Gasteiger partial charge in [0, 0.05) is 6.42 Å². The number of hydrogen-bond donors (Lipinski definition) is 2. The Bertz CT molecular complexity index is 491. The highest BCUT2D eigenvalue weighted by Crippen LogP contribution is 2.33. The Balaban J connectivity index is 3.38. The third-order valence-corrected chi connectivity index (χ3v) is 2.34. The summed E-state index contributed by atoms with van der Waals surface area (Å²) in [4.78, 5) is 21.8. The minimum atomic E-state index is -2.20. The van der Waals surface area contributed by atoms with Crippen LogP contribution in [0.15, 0.2) is 18.2 Å². The van der Waals surface area contributed by atoms with E-state index in [9.17, 15) is 18.4 Å². The van der Waals surface area contributed by atoms with Crippen molar-refractivity contribution in [2.75, 3.05) is 0 Å². The van der Waals surface area contributed by atoms with E-state index >= 15 is 0 Å². The van der Waals surface area contributed by atoms with Crippen LogP contribution < -0.4 is 11.5 Å². The Labute approximate surface area is 107 Å². The molecule has 0 aliphatic heterocycles. The molecule has 0 radical (unpaired) electrons. The molecule has 0 aliphatic carbocycles. The van der Waals surface area contributed by atoms with Crippen LogP contribution >= 0.6 is 0 Å². The summed E-state index contributed by atoms with van der Waals surface area (Å²) in [5, 5.41) is 0. The van der Waals surface area contributed by atoms with Crippen molar-refractivity contribution in [2.45, 2.75) is 19.1 Å². The second-order valence-electron chi connectivity index (χ2n) is 3.57. The maximum Gasteiger partial charge on any atom is 0.408 e. The molecular weight excluding hydrogens is 262 g/mol. The molecule has 0 saturated heterocycles. The Morgan fingerprint density at radius 1 is 1.21 bits per heavy atom. The van der Waals surface area contributed by atoms with Gasteiger partial charge in [0.25, 0.3) is 5.79 Å². The topological polar surface area (TPSA) is 105 Å². The highest BCUT2D eigenvalue weighted by atomic mass is 19.1. The first-order valence-electron chi connectivity index (χ1n) is 5.23. The van der Waals surface area contributed by atoms with Gasteiger partial charge in [-0.25, -0.2) is 18.4 Å². The number of amides is 2. The summed E-state index contributed by atoms with van der Waals surface area (Å²) in [6.45, 7) is 1.41. The lowest BCUT2D eigenvalue weighted by atomic mass is 10.0. The van der Waals surface area contributed by atoms with Gasteiger partial charge in [-0.3, -0.25) is 0 Å². The summed E-state index contributed by atoms with van der Waals surface area (Å²) in [6, 6.07) is 2.38. The van der Waals surface area contributed by atoms with Crippen LogP contribution in [-0.4, -0.2) is 12.2 Å². The molecule has 0 bridgehead atoms. The average molecular weight is 274 g/mol. The van der Waals surface area contributed by atoms with Crippen LogP contribution in [0.5, 0.6) is 0 Å². The minimum Gasteiger partial charge on any atom is -0.402 e. The quantitative estimate of drug-likeness (QED) is 0.815. The second-order valence-corrected chi connectivity index (χ2v) is 3.57. The fraction of sp³-hybridized carbons (Fsp3) is 0.273. The van der Waals surface area contributed by atoms with Gasteiger partial charge in [0.05, 0.1) is 5.56 Å². The molecule has 0 unspecified atom stereocenters.